The predicted molar refractivity (Wildman–Crippen MR) is 86.4 cm³/mol. The topological polar surface area (TPSA) is 60.2 Å². The van der Waals surface area contributed by atoms with Gasteiger partial charge in [0.1, 0.15) is 6.04 Å². The third-order valence-electron chi connectivity index (χ3n) is 3.29. The van der Waals surface area contributed by atoms with Crippen molar-refractivity contribution < 1.29 is 16.4 Å². The molecule has 0 bridgehead atoms. The van der Waals surface area contributed by atoms with E-state index in [2.05, 4.69) is 16.9 Å². The van der Waals surface area contributed by atoms with Crippen LogP contribution < -0.4 is 0 Å². The van der Waals surface area contributed by atoms with Gasteiger partial charge in [-0.3, -0.25) is 9.69 Å². The molecule has 0 aromatic carbocycles. The molecule has 0 fully saturated rings. The van der Waals surface area contributed by atoms with Crippen LogP contribution in [0.2, 0.25) is 0 Å². The summed E-state index contributed by atoms with van der Waals surface area (Å²) in [6, 6.07) is -1.15. The lowest BCUT2D eigenvalue weighted by Gasteiger charge is -2.25. The first-order valence-corrected chi connectivity index (χ1v) is 7.14. The Morgan fingerprint density at radius 3 is 3.23 bits per heavy atom. The Morgan fingerprint density at radius 2 is 2.55 bits per heavy atom. The number of rotatable bonds is 11. The number of ether oxygens (including phenoxy) is 1. The molecule has 1 atom stereocenters. The third-order valence-corrected chi connectivity index (χ3v) is 3.29. The van der Waals surface area contributed by atoms with Crippen molar-refractivity contribution in [3.05, 3.63) is 37.1 Å². The molecule has 0 aliphatic rings. The molecule has 0 unspecified atom stereocenters. The maximum Gasteiger partial charge on any atom is 0.322 e. The lowest BCUT2D eigenvalue weighted by molar-refractivity contribution is -0.146. The minimum absolute atomic E-state index is 0.301. The lowest BCUT2D eigenvalue weighted by atomic mass is 10.1. The highest BCUT2D eigenvalue weighted by atomic mass is 16.5. The molecule has 6 nitrogen and oxygen atoms in total. The molecular weight excluding hydrogens is 280 g/mol. The second kappa shape index (κ2) is 9.89. The quantitative estimate of drug-likeness (QED) is 0.354. The normalized spacial score (nSPS) is 15.9. The first kappa shape index (κ1) is 11.6. The van der Waals surface area contributed by atoms with Gasteiger partial charge in [0.15, 0.2) is 0 Å². The molecular formula is C16H26N4O2. The van der Waals surface area contributed by atoms with Gasteiger partial charge in [0.25, 0.3) is 0 Å². The van der Waals surface area contributed by atoms with Gasteiger partial charge in [-0.15, -0.1) is 18.2 Å². The molecule has 0 spiro atoms. The minimum atomic E-state index is -2.39. The number of aromatic nitrogens is 3. The van der Waals surface area contributed by atoms with Crippen molar-refractivity contribution in [1.82, 2.24) is 19.9 Å². The highest BCUT2D eigenvalue weighted by Crippen LogP contribution is 2.07. The number of hydrogen-bond acceptors (Lipinski definition) is 5. The summed E-state index contributed by atoms with van der Waals surface area (Å²) < 4.78 is 43.0. The van der Waals surface area contributed by atoms with E-state index in [0.717, 1.165) is 17.5 Å². The molecule has 0 amide bonds. The Balaban J connectivity index is 2.60. The van der Waals surface area contributed by atoms with Crippen molar-refractivity contribution in [2.75, 3.05) is 20.2 Å². The average molecular weight is 311 g/mol. The van der Waals surface area contributed by atoms with Crippen molar-refractivity contribution >= 4 is 5.97 Å². The van der Waals surface area contributed by atoms with E-state index in [4.69, 9.17) is 11.6 Å². The number of unbranched alkanes of at least 4 members (excludes halogenated alkanes) is 1. The van der Waals surface area contributed by atoms with Gasteiger partial charge < -0.3 is 4.74 Å². The number of carbonyl (C=O) groups is 1. The van der Waals surface area contributed by atoms with Gasteiger partial charge in [0.2, 0.25) is 0 Å². The summed E-state index contributed by atoms with van der Waals surface area (Å²) in [7, 11) is 1.36. The number of allylic oxidation sites excluding steroid dienone is 1. The van der Waals surface area contributed by atoms with E-state index in [1.165, 1.54) is 13.3 Å². The van der Waals surface area contributed by atoms with E-state index in [9.17, 15) is 4.79 Å². The van der Waals surface area contributed by atoms with Crippen molar-refractivity contribution in [2.24, 2.45) is 0 Å². The van der Waals surface area contributed by atoms with Crippen LogP contribution in [0.3, 0.4) is 0 Å². The maximum absolute atomic E-state index is 11.7. The molecule has 6 heteroatoms. The number of nitrogens with zero attached hydrogens (tertiary/aromatic N) is 4. The monoisotopic (exact) mass is 311 g/mol. The predicted octanol–water partition coefficient (Wildman–Crippen LogP) is 1.84. The van der Waals surface area contributed by atoms with E-state index < -0.39 is 19.1 Å². The van der Waals surface area contributed by atoms with Gasteiger partial charge in [0.05, 0.1) is 26.2 Å². The number of hydrogen-bond donors (Lipinski definition) is 0. The van der Waals surface area contributed by atoms with Crippen LogP contribution in [0.4, 0.5) is 0 Å². The van der Waals surface area contributed by atoms with Crippen molar-refractivity contribution in [1.29, 1.82) is 0 Å². The van der Waals surface area contributed by atoms with Crippen LogP contribution in [0.15, 0.2) is 31.4 Å². The van der Waals surface area contributed by atoms with Gasteiger partial charge >= 0.3 is 5.97 Å². The summed E-state index contributed by atoms with van der Waals surface area (Å²) in [5.41, 5.74) is 0.555. The highest BCUT2D eigenvalue weighted by molar-refractivity contribution is 5.75. The van der Waals surface area contributed by atoms with Crippen LogP contribution in [0.1, 0.15) is 32.3 Å². The number of methoxy groups -OCH3 is 1. The summed E-state index contributed by atoms with van der Waals surface area (Å²) in [5, 5.41) is 7.58. The van der Waals surface area contributed by atoms with E-state index in [1.54, 1.807) is 13.0 Å². The zero-order chi connectivity index (χ0) is 20.6. The second-order valence-electron chi connectivity index (χ2n) is 4.83. The molecule has 1 aromatic heterocycles. The van der Waals surface area contributed by atoms with Crippen LogP contribution in [-0.2, 0) is 22.4 Å². The zero-order valence-electron chi connectivity index (χ0n) is 18.1. The molecule has 0 aliphatic carbocycles. The molecule has 0 saturated heterocycles. The number of aryl methyl sites for hydroxylation is 1. The summed E-state index contributed by atoms with van der Waals surface area (Å²) in [6.07, 6.45) is 5.19. The van der Waals surface area contributed by atoms with Gasteiger partial charge in [0, 0.05) is 12.7 Å². The second-order valence-corrected chi connectivity index (χ2v) is 4.83. The molecule has 1 aromatic rings. The van der Waals surface area contributed by atoms with Crippen molar-refractivity contribution in [3.63, 3.8) is 0 Å². The first-order valence-electron chi connectivity index (χ1n) is 9.64. The van der Waals surface area contributed by atoms with E-state index >= 15 is 0 Å². The van der Waals surface area contributed by atoms with Gasteiger partial charge in [-0.2, -0.15) is 0 Å². The van der Waals surface area contributed by atoms with Crippen LogP contribution in [0.5, 0.6) is 0 Å². The van der Waals surface area contributed by atoms with Crippen LogP contribution >= 0.6 is 0 Å². The summed E-state index contributed by atoms with van der Waals surface area (Å²) >= 11 is 0. The Morgan fingerprint density at radius 1 is 1.73 bits per heavy atom. The zero-order valence-corrected chi connectivity index (χ0v) is 13.1. The molecule has 0 saturated carbocycles. The highest BCUT2D eigenvalue weighted by Gasteiger charge is 2.20. The molecule has 0 radical (unpaired) electrons. The largest absolute Gasteiger partial charge is 0.468 e. The number of esters is 1. The lowest BCUT2D eigenvalue weighted by Crippen LogP contribution is -2.40. The Hall–Kier alpha value is -1.95. The van der Waals surface area contributed by atoms with Gasteiger partial charge in [-0.05, 0) is 32.7 Å². The molecule has 1 rings (SSSR count). The summed E-state index contributed by atoms with van der Waals surface area (Å²) in [5.74, 6) is -0.301. The summed E-state index contributed by atoms with van der Waals surface area (Å²) in [4.78, 5) is 13.6. The molecule has 22 heavy (non-hydrogen) atoms. The van der Waals surface area contributed by atoms with Gasteiger partial charge in [-0.1, -0.05) is 17.3 Å². The van der Waals surface area contributed by atoms with Crippen LogP contribution in [0.25, 0.3) is 0 Å². The fourth-order valence-electron chi connectivity index (χ4n) is 2.07. The minimum Gasteiger partial charge on any atom is -0.468 e. The Kier molecular flexibility index (Phi) is 5.21. The van der Waals surface area contributed by atoms with Crippen LogP contribution in [-0.4, -0.2) is 52.1 Å². The SMILES string of the molecule is [2H]C([2H])=C([2H])C([2H])([2H])n1cc(CCCCN(CC=C)[C@@H](C)C(=O)OC)nn1. The fraction of sp³-hybridized carbons (Fsp3) is 0.562. The summed E-state index contributed by atoms with van der Waals surface area (Å²) in [6.45, 7) is 3.42. The van der Waals surface area contributed by atoms with E-state index in [1.807, 2.05) is 4.90 Å². The third kappa shape index (κ3) is 5.81. The van der Waals surface area contributed by atoms with E-state index in [0.29, 0.717) is 25.2 Å². The van der Waals surface area contributed by atoms with Crippen molar-refractivity contribution in [3.8, 4) is 0 Å². The average Bonchev–Trinajstić information content (AvgIpc) is 3.11. The molecule has 1 heterocycles. The van der Waals surface area contributed by atoms with Crippen molar-refractivity contribution in [2.45, 2.75) is 38.7 Å². The Bertz CT molecular complexity index is 674. The first-order chi connectivity index (χ1) is 12.6. The van der Waals surface area contributed by atoms with E-state index in [-0.39, 0.29) is 12.0 Å². The van der Waals surface area contributed by atoms with Gasteiger partial charge in [-0.25, -0.2) is 4.68 Å². The molecule has 122 valence electrons. The maximum atomic E-state index is 11.7. The fourth-order valence-corrected chi connectivity index (χ4v) is 2.07. The Labute approximate surface area is 139 Å². The number of carbonyl (C=O) groups excluding carboxylic acids is 1. The van der Waals surface area contributed by atoms with Crippen LogP contribution in [0, 0.1) is 0 Å². The molecule has 0 aliphatic heterocycles. The smallest absolute Gasteiger partial charge is 0.322 e. The molecule has 0 N–H and O–H groups in total. The standard InChI is InChI=1S/C16H26N4O2/c1-5-10-19(14(3)16(21)22-4)12-8-7-9-15-13-20(11-6-2)18-17-15/h5-6,13-14H,1-2,7-12H2,3-4H3/t14-/m0/s1/i2D2,6D,11D2.